The highest BCUT2D eigenvalue weighted by molar-refractivity contribution is 5.83. The Morgan fingerprint density at radius 2 is 1.87 bits per heavy atom. The average molecular weight is 314 g/mol. The topological polar surface area (TPSA) is 46.5 Å². The third-order valence-corrected chi connectivity index (χ3v) is 3.80. The molecule has 0 bridgehead atoms. The molecule has 0 unspecified atom stereocenters. The molecule has 0 fully saturated rings. The molecular weight excluding hydrogens is 288 g/mol. The van der Waals surface area contributed by atoms with Crippen molar-refractivity contribution in [2.45, 2.75) is 41.5 Å². The molecule has 0 atom stereocenters. The Morgan fingerprint density at radius 3 is 2.48 bits per heavy atom. The smallest absolute Gasteiger partial charge is 0.330 e. The number of hydrogen-bond donors (Lipinski definition) is 1. The molecule has 0 amide bonds. The number of esters is 1. The van der Waals surface area contributed by atoms with Crippen LogP contribution in [-0.4, -0.2) is 17.7 Å². The van der Waals surface area contributed by atoms with Crippen molar-refractivity contribution in [3.63, 3.8) is 0 Å². The molecule has 0 saturated carbocycles. The summed E-state index contributed by atoms with van der Waals surface area (Å²) in [6, 6.07) is 1.80. The minimum Gasteiger partial charge on any atom is -0.508 e. The van der Waals surface area contributed by atoms with Gasteiger partial charge in [0.05, 0.1) is 6.61 Å². The molecule has 1 N–H and O–H groups in total. The Morgan fingerprint density at radius 1 is 1.22 bits per heavy atom. The molecule has 1 rings (SSSR count). The third-order valence-electron chi connectivity index (χ3n) is 3.80. The van der Waals surface area contributed by atoms with Gasteiger partial charge in [0.15, 0.2) is 0 Å². The number of benzene rings is 1. The van der Waals surface area contributed by atoms with Crippen LogP contribution in [0, 0.1) is 20.8 Å². The second-order valence-electron chi connectivity index (χ2n) is 5.69. The maximum Gasteiger partial charge on any atom is 0.330 e. The van der Waals surface area contributed by atoms with Crippen molar-refractivity contribution in [3.05, 3.63) is 58.2 Å². The van der Waals surface area contributed by atoms with Gasteiger partial charge in [0.25, 0.3) is 0 Å². The van der Waals surface area contributed by atoms with E-state index in [2.05, 4.69) is 0 Å². The predicted molar refractivity (Wildman–Crippen MR) is 95.5 cm³/mol. The number of hydrogen-bond acceptors (Lipinski definition) is 3. The van der Waals surface area contributed by atoms with Crippen molar-refractivity contribution in [2.75, 3.05) is 6.61 Å². The van der Waals surface area contributed by atoms with Crippen molar-refractivity contribution >= 4 is 11.5 Å². The lowest BCUT2D eigenvalue weighted by molar-refractivity contribution is -0.137. The molecular formula is C20H26O3. The summed E-state index contributed by atoms with van der Waals surface area (Å²) in [4.78, 5) is 11.4. The van der Waals surface area contributed by atoms with Crippen molar-refractivity contribution in [2.24, 2.45) is 0 Å². The predicted octanol–water partition coefficient (Wildman–Crippen LogP) is 4.79. The van der Waals surface area contributed by atoms with Crippen LogP contribution in [-0.2, 0) is 9.53 Å². The quantitative estimate of drug-likeness (QED) is 0.483. The molecule has 0 saturated heterocycles. The zero-order valence-corrected chi connectivity index (χ0v) is 14.9. The minimum absolute atomic E-state index is 0.323. The normalized spacial score (nSPS) is 12.8. The molecule has 0 radical (unpaired) electrons. The van der Waals surface area contributed by atoms with E-state index in [1.165, 1.54) is 6.08 Å². The number of phenolic OH excluding ortho intramolecular Hbond substituents is 1. The molecule has 124 valence electrons. The fraction of sp³-hybridized carbons (Fsp3) is 0.350. The molecule has 23 heavy (non-hydrogen) atoms. The first kappa shape index (κ1) is 18.8. The summed E-state index contributed by atoms with van der Waals surface area (Å²) in [6.07, 6.45) is 7.28. The number of rotatable bonds is 5. The van der Waals surface area contributed by atoms with Gasteiger partial charge in [0.2, 0.25) is 0 Å². The Balaban J connectivity index is 3.01. The van der Waals surface area contributed by atoms with Crippen molar-refractivity contribution < 1.29 is 14.6 Å². The first-order chi connectivity index (χ1) is 10.8. The van der Waals surface area contributed by atoms with E-state index in [4.69, 9.17) is 4.74 Å². The molecule has 1 aromatic carbocycles. The second-order valence-corrected chi connectivity index (χ2v) is 5.69. The molecule has 0 spiro atoms. The number of carbonyl (C=O) groups excluding carboxylic acids is 1. The van der Waals surface area contributed by atoms with Crippen molar-refractivity contribution in [1.82, 2.24) is 0 Å². The van der Waals surface area contributed by atoms with Crippen molar-refractivity contribution in [1.29, 1.82) is 0 Å². The molecule has 0 aliphatic rings. The van der Waals surface area contributed by atoms with Gasteiger partial charge in [0.1, 0.15) is 5.75 Å². The summed E-state index contributed by atoms with van der Waals surface area (Å²) in [7, 11) is 0. The SMILES string of the molecule is CCOC(=O)/C=C(C)/C=C/C=C(\C)c1c(C)cc(O)c(C)c1C. The standard InChI is InChI=1S/C20H26O3/c1-7-23-19(22)11-13(2)9-8-10-14(3)20-15(4)12-18(21)16(5)17(20)6/h8-12,21H,7H2,1-6H3/b9-8+,13-11+,14-10+. The van der Waals surface area contributed by atoms with Crippen LogP contribution in [0.25, 0.3) is 5.57 Å². The summed E-state index contributed by atoms with van der Waals surface area (Å²) < 4.78 is 4.88. The largest absolute Gasteiger partial charge is 0.508 e. The molecule has 0 aliphatic heterocycles. The van der Waals surface area contributed by atoms with E-state index in [0.29, 0.717) is 12.4 Å². The third kappa shape index (κ3) is 5.13. The van der Waals surface area contributed by atoms with Gasteiger partial charge in [-0.25, -0.2) is 4.79 Å². The van der Waals surface area contributed by atoms with Crippen LogP contribution in [0.1, 0.15) is 43.0 Å². The van der Waals surface area contributed by atoms with E-state index in [0.717, 1.165) is 33.4 Å². The van der Waals surface area contributed by atoms with Crippen LogP contribution in [0.4, 0.5) is 0 Å². The number of aryl methyl sites for hydroxylation is 1. The summed E-state index contributed by atoms with van der Waals surface area (Å²) in [5.41, 5.74) is 6.14. The monoisotopic (exact) mass is 314 g/mol. The highest BCUT2D eigenvalue weighted by Gasteiger charge is 2.10. The van der Waals surface area contributed by atoms with E-state index < -0.39 is 0 Å². The number of carbonyl (C=O) groups is 1. The van der Waals surface area contributed by atoms with E-state index in [9.17, 15) is 9.90 Å². The molecule has 0 aliphatic carbocycles. The number of aromatic hydroxyl groups is 1. The van der Waals surface area contributed by atoms with Crippen LogP contribution in [0.5, 0.6) is 5.75 Å². The summed E-state index contributed by atoms with van der Waals surface area (Å²) in [5.74, 6) is 0.0107. The van der Waals surface area contributed by atoms with E-state index in [1.54, 1.807) is 13.0 Å². The first-order valence-electron chi connectivity index (χ1n) is 7.78. The minimum atomic E-state index is -0.323. The van der Waals surface area contributed by atoms with Crippen LogP contribution in [0.15, 0.2) is 35.9 Å². The maximum absolute atomic E-state index is 11.4. The molecule has 0 aromatic heterocycles. The zero-order valence-electron chi connectivity index (χ0n) is 14.9. The van der Waals surface area contributed by atoms with Gasteiger partial charge in [-0.1, -0.05) is 18.2 Å². The van der Waals surface area contributed by atoms with Gasteiger partial charge >= 0.3 is 5.97 Å². The number of ether oxygens (including phenoxy) is 1. The first-order valence-corrected chi connectivity index (χ1v) is 7.78. The van der Waals surface area contributed by atoms with Gasteiger partial charge in [-0.2, -0.15) is 0 Å². The molecule has 0 heterocycles. The van der Waals surface area contributed by atoms with Gasteiger partial charge in [-0.15, -0.1) is 0 Å². The van der Waals surface area contributed by atoms with Gasteiger partial charge in [0, 0.05) is 6.08 Å². The fourth-order valence-electron chi connectivity index (χ4n) is 2.51. The Labute approximate surface area is 139 Å². The zero-order chi connectivity index (χ0) is 17.6. The van der Waals surface area contributed by atoms with Crippen molar-refractivity contribution in [3.8, 4) is 5.75 Å². The van der Waals surface area contributed by atoms with E-state index in [1.807, 2.05) is 52.8 Å². The Kier molecular flexibility index (Phi) is 6.83. The van der Waals surface area contributed by atoms with Gasteiger partial charge in [-0.05, 0) is 81.0 Å². The number of phenols is 1. The highest BCUT2D eigenvalue weighted by Crippen LogP contribution is 2.31. The van der Waals surface area contributed by atoms with Crippen LogP contribution in [0.2, 0.25) is 0 Å². The molecule has 1 aromatic rings. The van der Waals surface area contributed by atoms with E-state index >= 15 is 0 Å². The summed E-state index contributed by atoms with van der Waals surface area (Å²) in [6.45, 7) is 12.0. The molecule has 3 nitrogen and oxygen atoms in total. The maximum atomic E-state index is 11.4. The van der Waals surface area contributed by atoms with Crippen LogP contribution < -0.4 is 0 Å². The Hall–Kier alpha value is -2.29. The second kappa shape index (κ2) is 8.37. The lowest BCUT2D eigenvalue weighted by atomic mass is 9.92. The average Bonchev–Trinajstić information content (AvgIpc) is 2.45. The van der Waals surface area contributed by atoms with Gasteiger partial charge < -0.3 is 9.84 Å². The van der Waals surface area contributed by atoms with E-state index in [-0.39, 0.29) is 5.97 Å². The van der Waals surface area contributed by atoms with Crippen LogP contribution in [0.3, 0.4) is 0 Å². The summed E-state index contributed by atoms with van der Waals surface area (Å²) >= 11 is 0. The fourth-order valence-corrected chi connectivity index (χ4v) is 2.51. The summed E-state index contributed by atoms with van der Waals surface area (Å²) in [5, 5.41) is 9.88. The van der Waals surface area contributed by atoms with Crippen LogP contribution >= 0.6 is 0 Å². The Bertz CT molecular complexity index is 677. The lowest BCUT2D eigenvalue weighted by Crippen LogP contribution is -1.99. The highest BCUT2D eigenvalue weighted by atomic mass is 16.5. The lowest BCUT2D eigenvalue weighted by Gasteiger charge is -2.14. The van der Waals surface area contributed by atoms with Gasteiger partial charge in [-0.3, -0.25) is 0 Å². The molecule has 3 heteroatoms. The number of allylic oxidation sites excluding steroid dienone is 5.